The van der Waals surface area contributed by atoms with Gasteiger partial charge in [0.05, 0.1) is 17.6 Å². The third kappa shape index (κ3) is 4.54. The maximum absolute atomic E-state index is 5.89. The van der Waals surface area contributed by atoms with Crippen molar-refractivity contribution in [2.45, 2.75) is 19.8 Å². The highest BCUT2D eigenvalue weighted by molar-refractivity contribution is 5.74. The molecule has 0 radical (unpaired) electrons. The van der Waals surface area contributed by atoms with E-state index in [9.17, 15) is 0 Å². The van der Waals surface area contributed by atoms with Crippen LogP contribution in [0.3, 0.4) is 0 Å². The van der Waals surface area contributed by atoms with E-state index >= 15 is 0 Å². The van der Waals surface area contributed by atoms with Crippen molar-refractivity contribution < 1.29 is 4.74 Å². The van der Waals surface area contributed by atoms with Gasteiger partial charge in [0.2, 0.25) is 11.8 Å². The van der Waals surface area contributed by atoms with Crippen LogP contribution in [-0.4, -0.2) is 64.2 Å². The number of rotatable bonds is 7. The zero-order valence-corrected chi connectivity index (χ0v) is 16.3. The normalized spacial score (nSPS) is 15.1. The molecule has 3 heterocycles. The number of anilines is 1. The summed E-state index contributed by atoms with van der Waals surface area (Å²) in [6.07, 6.45) is 5.73. The molecule has 0 unspecified atom stereocenters. The first-order valence-corrected chi connectivity index (χ1v) is 9.90. The lowest BCUT2D eigenvalue weighted by molar-refractivity contribution is 0.235. The Balaban J connectivity index is 1.17. The van der Waals surface area contributed by atoms with Crippen LogP contribution in [0, 0.1) is 6.92 Å². The predicted molar refractivity (Wildman–Crippen MR) is 110 cm³/mol. The Morgan fingerprint density at radius 3 is 2.36 bits per heavy atom. The van der Waals surface area contributed by atoms with Crippen LogP contribution in [-0.2, 0) is 0 Å². The first-order valence-electron chi connectivity index (χ1n) is 9.90. The van der Waals surface area contributed by atoms with Gasteiger partial charge in [0.15, 0.2) is 0 Å². The van der Waals surface area contributed by atoms with Crippen molar-refractivity contribution in [3.63, 3.8) is 0 Å². The summed E-state index contributed by atoms with van der Waals surface area (Å²) in [5.74, 6) is 1.48. The summed E-state index contributed by atoms with van der Waals surface area (Å²) in [6, 6.07) is 9.74. The number of hydrogen-bond donors (Lipinski definition) is 0. The van der Waals surface area contributed by atoms with Crippen molar-refractivity contribution in [3.8, 4) is 5.88 Å². The lowest BCUT2D eigenvalue weighted by Crippen LogP contribution is -2.47. The number of nitrogens with zero attached hydrogens (tertiary/aromatic N) is 6. The number of fused-ring (bicyclic) bond motifs is 1. The lowest BCUT2D eigenvalue weighted by Gasteiger charge is -2.34. The molecule has 0 aliphatic carbocycles. The van der Waals surface area contributed by atoms with Crippen LogP contribution >= 0.6 is 0 Å². The number of hydrogen-bond acceptors (Lipinski definition) is 7. The number of para-hydroxylation sites is 2. The molecular weight excluding hydrogens is 352 g/mol. The Bertz CT molecular complexity index is 896. The van der Waals surface area contributed by atoms with Crippen LogP contribution in [0.4, 0.5) is 5.95 Å². The van der Waals surface area contributed by atoms with Crippen LogP contribution in [0.25, 0.3) is 11.0 Å². The number of aromatic nitrogens is 4. The standard InChI is InChI=1S/C21H26N6O/c1-17-20(25-19-8-3-2-7-18(19)24-17)28-16-5-4-11-26-12-14-27(15-13-26)21-22-9-6-10-23-21/h2-3,6-10H,4-5,11-16H2,1H3. The first-order chi connectivity index (χ1) is 13.8. The smallest absolute Gasteiger partial charge is 0.235 e. The van der Waals surface area contributed by atoms with Crippen molar-refractivity contribution in [2.75, 3.05) is 44.2 Å². The molecule has 0 bridgehead atoms. The van der Waals surface area contributed by atoms with Gasteiger partial charge < -0.3 is 9.64 Å². The minimum Gasteiger partial charge on any atom is -0.476 e. The highest BCUT2D eigenvalue weighted by Gasteiger charge is 2.18. The zero-order valence-electron chi connectivity index (χ0n) is 16.3. The highest BCUT2D eigenvalue weighted by atomic mass is 16.5. The summed E-state index contributed by atoms with van der Waals surface area (Å²) < 4.78 is 5.89. The van der Waals surface area contributed by atoms with Gasteiger partial charge in [-0.15, -0.1) is 0 Å². The van der Waals surface area contributed by atoms with Crippen LogP contribution < -0.4 is 9.64 Å². The van der Waals surface area contributed by atoms with E-state index < -0.39 is 0 Å². The Labute approximate surface area is 165 Å². The molecule has 0 saturated carbocycles. The van der Waals surface area contributed by atoms with E-state index in [1.807, 2.05) is 37.3 Å². The lowest BCUT2D eigenvalue weighted by atomic mass is 10.2. The number of unbranched alkanes of at least 4 members (excludes halogenated alkanes) is 1. The molecule has 4 rings (SSSR count). The minimum absolute atomic E-state index is 0.648. The van der Waals surface area contributed by atoms with E-state index in [0.717, 1.165) is 68.2 Å². The van der Waals surface area contributed by atoms with Gasteiger partial charge in [-0.1, -0.05) is 12.1 Å². The SMILES string of the molecule is Cc1nc2ccccc2nc1OCCCCN1CCN(c2ncccn2)CC1. The van der Waals surface area contributed by atoms with Gasteiger partial charge in [0.1, 0.15) is 5.69 Å². The number of aryl methyl sites for hydroxylation is 1. The third-order valence-corrected chi connectivity index (χ3v) is 5.02. The molecule has 1 fully saturated rings. The third-order valence-electron chi connectivity index (χ3n) is 5.02. The van der Waals surface area contributed by atoms with Crippen LogP contribution in [0.15, 0.2) is 42.7 Å². The van der Waals surface area contributed by atoms with Gasteiger partial charge >= 0.3 is 0 Å². The molecular formula is C21H26N6O. The number of benzene rings is 1. The van der Waals surface area contributed by atoms with Gasteiger partial charge in [-0.3, -0.25) is 4.90 Å². The monoisotopic (exact) mass is 378 g/mol. The molecule has 146 valence electrons. The Morgan fingerprint density at radius 1 is 0.893 bits per heavy atom. The van der Waals surface area contributed by atoms with Crippen LogP contribution in [0.5, 0.6) is 5.88 Å². The van der Waals surface area contributed by atoms with Crippen molar-refractivity contribution in [2.24, 2.45) is 0 Å². The summed E-state index contributed by atoms with van der Waals surface area (Å²) in [7, 11) is 0. The molecule has 1 aliphatic rings. The Hall–Kier alpha value is -2.80. The maximum Gasteiger partial charge on any atom is 0.235 e. The second-order valence-electron chi connectivity index (χ2n) is 7.04. The summed E-state index contributed by atoms with van der Waals surface area (Å²) in [6.45, 7) is 7.77. The average Bonchev–Trinajstić information content (AvgIpc) is 2.75. The molecule has 0 amide bonds. The molecule has 28 heavy (non-hydrogen) atoms. The quantitative estimate of drug-likeness (QED) is 0.586. The number of piperazine rings is 1. The molecule has 2 aromatic heterocycles. The van der Waals surface area contributed by atoms with E-state index in [1.54, 1.807) is 12.4 Å². The van der Waals surface area contributed by atoms with E-state index in [1.165, 1.54) is 0 Å². The summed E-state index contributed by atoms with van der Waals surface area (Å²) in [4.78, 5) is 22.6. The number of ether oxygens (including phenoxy) is 1. The molecule has 1 saturated heterocycles. The molecule has 1 aromatic carbocycles. The summed E-state index contributed by atoms with van der Waals surface area (Å²) in [5.41, 5.74) is 2.63. The van der Waals surface area contributed by atoms with Gasteiger partial charge in [-0.05, 0) is 44.5 Å². The van der Waals surface area contributed by atoms with Crippen molar-refractivity contribution in [1.82, 2.24) is 24.8 Å². The van der Waals surface area contributed by atoms with Crippen molar-refractivity contribution in [3.05, 3.63) is 48.4 Å². The fourth-order valence-corrected chi connectivity index (χ4v) is 3.44. The first kappa shape index (κ1) is 18.6. The molecule has 0 N–H and O–H groups in total. The van der Waals surface area contributed by atoms with Crippen LogP contribution in [0.1, 0.15) is 18.5 Å². The van der Waals surface area contributed by atoms with Gasteiger partial charge in [-0.25, -0.2) is 19.9 Å². The summed E-state index contributed by atoms with van der Waals surface area (Å²) in [5, 5.41) is 0. The topological polar surface area (TPSA) is 67.3 Å². The Morgan fingerprint density at radius 2 is 1.61 bits per heavy atom. The van der Waals surface area contributed by atoms with Gasteiger partial charge in [0, 0.05) is 38.6 Å². The van der Waals surface area contributed by atoms with E-state index in [4.69, 9.17) is 4.74 Å². The second-order valence-corrected chi connectivity index (χ2v) is 7.04. The Kier molecular flexibility index (Phi) is 5.92. The molecule has 3 aromatic rings. The molecule has 7 heteroatoms. The van der Waals surface area contributed by atoms with E-state index in [-0.39, 0.29) is 0 Å². The fourth-order valence-electron chi connectivity index (χ4n) is 3.44. The van der Waals surface area contributed by atoms with Crippen molar-refractivity contribution >= 4 is 17.0 Å². The fraction of sp³-hybridized carbons (Fsp3) is 0.429. The average molecular weight is 378 g/mol. The van der Waals surface area contributed by atoms with E-state index in [2.05, 4.69) is 29.7 Å². The van der Waals surface area contributed by atoms with E-state index in [0.29, 0.717) is 12.5 Å². The summed E-state index contributed by atoms with van der Waals surface area (Å²) >= 11 is 0. The molecule has 7 nitrogen and oxygen atoms in total. The van der Waals surface area contributed by atoms with Gasteiger partial charge in [-0.2, -0.15) is 0 Å². The van der Waals surface area contributed by atoms with Crippen molar-refractivity contribution in [1.29, 1.82) is 0 Å². The maximum atomic E-state index is 5.89. The second kappa shape index (κ2) is 8.93. The highest BCUT2D eigenvalue weighted by Crippen LogP contribution is 2.18. The largest absolute Gasteiger partial charge is 0.476 e. The molecule has 1 aliphatic heterocycles. The van der Waals surface area contributed by atoms with Gasteiger partial charge in [0.25, 0.3) is 0 Å². The zero-order chi connectivity index (χ0) is 19.2. The van der Waals surface area contributed by atoms with Crippen LogP contribution in [0.2, 0.25) is 0 Å². The minimum atomic E-state index is 0.648. The molecule has 0 atom stereocenters. The molecule has 0 spiro atoms. The predicted octanol–water partition coefficient (Wildman–Crippen LogP) is 2.71.